The molecule has 0 spiro atoms. The van der Waals surface area contributed by atoms with Crippen LogP contribution in [-0.4, -0.2) is 40.6 Å². The summed E-state index contributed by atoms with van der Waals surface area (Å²) in [7, 11) is 0. The number of amides is 1. The van der Waals surface area contributed by atoms with E-state index in [1.165, 1.54) is 0 Å². The molecule has 1 aromatic heterocycles. The van der Waals surface area contributed by atoms with Crippen LogP contribution in [-0.2, 0) is 11.3 Å². The SMILES string of the molecule is C=CCNC(=O)C1CCN(Cc2nc(-c3ccc(Br)cc3)no2)CC1. The lowest BCUT2D eigenvalue weighted by molar-refractivity contribution is -0.126. The summed E-state index contributed by atoms with van der Waals surface area (Å²) in [5.41, 5.74) is 0.927. The summed E-state index contributed by atoms with van der Waals surface area (Å²) in [5.74, 6) is 1.40. The Bertz CT molecular complexity index is 721. The van der Waals surface area contributed by atoms with Crippen LogP contribution in [0.15, 0.2) is 45.9 Å². The van der Waals surface area contributed by atoms with Gasteiger partial charge in [-0.25, -0.2) is 0 Å². The molecule has 3 rings (SSSR count). The van der Waals surface area contributed by atoms with E-state index in [9.17, 15) is 4.79 Å². The molecular weight excluding hydrogens is 384 g/mol. The van der Waals surface area contributed by atoms with Crippen LogP contribution in [0.4, 0.5) is 0 Å². The first-order valence-electron chi connectivity index (χ1n) is 8.35. The van der Waals surface area contributed by atoms with E-state index < -0.39 is 0 Å². The van der Waals surface area contributed by atoms with Gasteiger partial charge in [0.2, 0.25) is 17.6 Å². The van der Waals surface area contributed by atoms with Gasteiger partial charge in [-0.2, -0.15) is 4.98 Å². The standard InChI is InChI=1S/C18H21BrN4O2/c1-2-9-20-18(24)14-7-10-23(11-8-14)12-16-21-17(22-25-16)13-3-5-15(19)6-4-13/h2-6,14H,1,7-12H2,(H,20,24). The van der Waals surface area contributed by atoms with E-state index in [-0.39, 0.29) is 11.8 Å². The van der Waals surface area contributed by atoms with Gasteiger partial charge in [-0.3, -0.25) is 9.69 Å². The van der Waals surface area contributed by atoms with E-state index >= 15 is 0 Å². The molecule has 0 unspecified atom stereocenters. The summed E-state index contributed by atoms with van der Waals surface area (Å²) in [6, 6.07) is 7.80. The second-order valence-corrected chi connectivity index (χ2v) is 7.02. The Labute approximate surface area is 155 Å². The van der Waals surface area contributed by atoms with Crippen molar-refractivity contribution in [2.45, 2.75) is 19.4 Å². The Balaban J connectivity index is 1.52. The fourth-order valence-electron chi connectivity index (χ4n) is 2.90. The molecule has 1 aliphatic rings. The maximum Gasteiger partial charge on any atom is 0.241 e. The zero-order chi connectivity index (χ0) is 17.6. The van der Waals surface area contributed by atoms with Gasteiger partial charge in [0.1, 0.15) is 0 Å². The summed E-state index contributed by atoms with van der Waals surface area (Å²) in [5, 5.41) is 6.93. The van der Waals surface area contributed by atoms with Crippen LogP contribution < -0.4 is 5.32 Å². The van der Waals surface area contributed by atoms with Gasteiger partial charge in [-0.05, 0) is 50.2 Å². The minimum Gasteiger partial charge on any atom is -0.352 e. The van der Waals surface area contributed by atoms with Crippen molar-refractivity contribution < 1.29 is 9.32 Å². The van der Waals surface area contributed by atoms with Crippen molar-refractivity contribution in [2.24, 2.45) is 5.92 Å². The number of carbonyl (C=O) groups is 1. The quantitative estimate of drug-likeness (QED) is 0.749. The predicted octanol–water partition coefficient (Wildman–Crippen LogP) is 3.01. The van der Waals surface area contributed by atoms with Crippen molar-refractivity contribution in [3.8, 4) is 11.4 Å². The molecule has 1 aliphatic heterocycles. The first kappa shape index (κ1) is 17.8. The molecule has 6 nitrogen and oxygen atoms in total. The molecular formula is C18H21BrN4O2. The van der Waals surface area contributed by atoms with E-state index in [0.29, 0.717) is 24.8 Å². The van der Waals surface area contributed by atoms with Crippen LogP contribution >= 0.6 is 15.9 Å². The highest BCUT2D eigenvalue weighted by Gasteiger charge is 2.25. The number of benzene rings is 1. The van der Waals surface area contributed by atoms with Crippen LogP contribution in [0.5, 0.6) is 0 Å². The average Bonchev–Trinajstić information content (AvgIpc) is 3.09. The number of nitrogens with zero attached hydrogens (tertiary/aromatic N) is 3. The molecule has 1 amide bonds. The van der Waals surface area contributed by atoms with Crippen molar-refractivity contribution in [1.29, 1.82) is 0 Å². The van der Waals surface area contributed by atoms with E-state index in [1.54, 1.807) is 6.08 Å². The normalized spacial score (nSPS) is 15.9. The molecule has 2 aromatic rings. The highest BCUT2D eigenvalue weighted by molar-refractivity contribution is 9.10. The van der Waals surface area contributed by atoms with Gasteiger partial charge in [-0.1, -0.05) is 27.2 Å². The van der Waals surface area contributed by atoms with Gasteiger partial charge in [0.05, 0.1) is 6.54 Å². The van der Waals surface area contributed by atoms with Crippen LogP contribution in [0.2, 0.25) is 0 Å². The van der Waals surface area contributed by atoms with Crippen molar-refractivity contribution in [2.75, 3.05) is 19.6 Å². The van der Waals surface area contributed by atoms with Crippen molar-refractivity contribution in [3.63, 3.8) is 0 Å². The Kier molecular flexibility index (Phi) is 5.99. The highest BCUT2D eigenvalue weighted by atomic mass is 79.9. The molecule has 0 bridgehead atoms. The number of piperidine rings is 1. The number of halogens is 1. The molecule has 25 heavy (non-hydrogen) atoms. The topological polar surface area (TPSA) is 71.3 Å². The lowest BCUT2D eigenvalue weighted by Gasteiger charge is -2.30. The minimum absolute atomic E-state index is 0.0808. The number of nitrogens with one attached hydrogen (secondary N) is 1. The average molecular weight is 405 g/mol. The number of hydrogen-bond acceptors (Lipinski definition) is 5. The van der Waals surface area contributed by atoms with Gasteiger partial charge in [0.15, 0.2) is 0 Å². The van der Waals surface area contributed by atoms with Crippen LogP contribution in [0, 0.1) is 5.92 Å². The summed E-state index contributed by atoms with van der Waals surface area (Å²) in [6.45, 7) is 6.46. The van der Waals surface area contributed by atoms with Crippen molar-refractivity contribution in [1.82, 2.24) is 20.4 Å². The molecule has 2 heterocycles. The Morgan fingerprint density at radius 1 is 1.36 bits per heavy atom. The van der Waals surface area contributed by atoms with E-state index in [4.69, 9.17) is 4.52 Å². The van der Waals surface area contributed by atoms with Crippen molar-refractivity contribution >= 4 is 21.8 Å². The van der Waals surface area contributed by atoms with Gasteiger partial charge in [0, 0.05) is 22.5 Å². The Morgan fingerprint density at radius 2 is 2.08 bits per heavy atom. The molecule has 132 valence electrons. The largest absolute Gasteiger partial charge is 0.352 e. The summed E-state index contributed by atoms with van der Waals surface area (Å²) in [4.78, 5) is 18.7. The van der Waals surface area contributed by atoms with E-state index in [1.807, 2.05) is 24.3 Å². The smallest absolute Gasteiger partial charge is 0.241 e. The highest BCUT2D eigenvalue weighted by Crippen LogP contribution is 2.21. The maximum atomic E-state index is 12.0. The van der Waals surface area contributed by atoms with E-state index in [2.05, 4.69) is 42.9 Å². The molecule has 0 radical (unpaired) electrons. The number of aromatic nitrogens is 2. The number of carbonyl (C=O) groups excluding carboxylic acids is 1. The minimum atomic E-state index is 0.0808. The third kappa shape index (κ3) is 4.76. The molecule has 1 N–H and O–H groups in total. The number of hydrogen-bond donors (Lipinski definition) is 1. The van der Waals surface area contributed by atoms with E-state index in [0.717, 1.165) is 36.0 Å². The molecule has 1 fully saturated rings. The zero-order valence-electron chi connectivity index (χ0n) is 13.9. The Hall–Kier alpha value is -1.99. The summed E-state index contributed by atoms with van der Waals surface area (Å²) < 4.78 is 6.39. The lowest BCUT2D eigenvalue weighted by Crippen LogP contribution is -2.40. The summed E-state index contributed by atoms with van der Waals surface area (Å²) >= 11 is 3.41. The summed E-state index contributed by atoms with van der Waals surface area (Å²) in [6.07, 6.45) is 3.39. The molecule has 1 saturated heterocycles. The molecule has 7 heteroatoms. The third-order valence-electron chi connectivity index (χ3n) is 4.31. The third-order valence-corrected chi connectivity index (χ3v) is 4.84. The lowest BCUT2D eigenvalue weighted by atomic mass is 9.96. The fraction of sp³-hybridized carbons (Fsp3) is 0.389. The molecule has 1 aromatic carbocycles. The van der Waals surface area contributed by atoms with Crippen LogP contribution in [0.3, 0.4) is 0 Å². The second-order valence-electron chi connectivity index (χ2n) is 6.10. The number of likely N-dealkylation sites (tertiary alicyclic amines) is 1. The Morgan fingerprint density at radius 3 is 2.76 bits per heavy atom. The zero-order valence-corrected chi connectivity index (χ0v) is 15.5. The first-order valence-corrected chi connectivity index (χ1v) is 9.14. The molecule has 0 saturated carbocycles. The number of rotatable bonds is 6. The van der Waals surface area contributed by atoms with Crippen LogP contribution in [0.1, 0.15) is 18.7 Å². The van der Waals surface area contributed by atoms with Gasteiger partial charge in [0.25, 0.3) is 0 Å². The first-order chi connectivity index (χ1) is 12.2. The van der Waals surface area contributed by atoms with Gasteiger partial charge < -0.3 is 9.84 Å². The predicted molar refractivity (Wildman–Crippen MR) is 98.6 cm³/mol. The van der Waals surface area contributed by atoms with Gasteiger partial charge in [-0.15, -0.1) is 6.58 Å². The van der Waals surface area contributed by atoms with Gasteiger partial charge >= 0.3 is 0 Å². The van der Waals surface area contributed by atoms with Crippen LogP contribution in [0.25, 0.3) is 11.4 Å². The molecule has 0 aliphatic carbocycles. The second kappa shape index (κ2) is 8.40. The maximum absolute atomic E-state index is 12.0. The molecule has 0 atom stereocenters. The fourth-order valence-corrected chi connectivity index (χ4v) is 3.16. The monoisotopic (exact) mass is 404 g/mol. The van der Waals surface area contributed by atoms with Crippen molar-refractivity contribution in [3.05, 3.63) is 47.3 Å².